The lowest BCUT2D eigenvalue weighted by Gasteiger charge is -2.10. The van der Waals surface area contributed by atoms with Crippen LogP contribution in [-0.2, 0) is 4.74 Å². The molecule has 5 heteroatoms. The molecule has 0 aliphatic heterocycles. The van der Waals surface area contributed by atoms with Crippen LogP contribution < -0.4 is 5.73 Å². The normalized spacial score (nSPS) is 12.4. The molecule has 5 nitrogen and oxygen atoms in total. The van der Waals surface area contributed by atoms with Gasteiger partial charge >= 0.3 is 5.97 Å². The van der Waals surface area contributed by atoms with Gasteiger partial charge in [-0.2, -0.15) is 5.10 Å². The number of aromatic nitrogens is 2. The van der Waals surface area contributed by atoms with E-state index in [0.29, 0.717) is 11.5 Å². The van der Waals surface area contributed by atoms with Crippen molar-refractivity contribution in [2.75, 3.05) is 5.73 Å². The third-order valence-corrected chi connectivity index (χ3v) is 1.82. The van der Waals surface area contributed by atoms with Crippen molar-refractivity contribution in [3.8, 4) is 0 Å². The Morgan fingerprint density at radius 1 is 1.79 bits per heavy atom. The molecule has 0 bridgehead atoms. The van der Waals surface area contributed by atoms with Gasteiger partial charge in [0.1, 0.15) is 11.5 Å². The number of nitrogens with two attached hydrogens (primary N) is 1. The van der Waals surface area contributed by atoms with Gasteiger partial charge in [0.05, 0.1) is 6.10 Å². The van der Waals surface area contributed by atoms with E-state index in [1.807, 2.05) is 13.8 Å². The molecule has 1 aromatic rings. The second-order valence-electron chi connectivity index (χ2n) is 3.21. The molecule has 0 fully saturated rings. The van der Waals surface area contributed by atoms with Crippen LogP contribution in [0.3, 0.4) is 0 Å². The average molecular weight is 197 g/mol. The van der Waals surface area contributed by atoms with Gasteiger partial charge in [-0.25, -0.2) is 4.79 Å². The molecule has 1 rings (SSSR count). The lowest BCUT2D eigenvalue weighted by atomic mass is 10.2. The van der Waals surface area contributed by atoms with E-state index in [4.69, 9.17) is 10.5 Å². The summed E-state index contributed by atoms with van der Waals surface area (Å²) >= 11 is 0. The van der Waals surface area contributed by atoms with Crippen LogP contribution in [0.25, 0.3) is 0 Å². The van der Waals surface area contributed by atoms with Gasteiger partial charge < -0.3 is 10.5 Å². The van der Waals surface area contributed by atoms with Crippen LogP contribution in [0.5, 0.6) is 0 Å². The lowest BCUT2D eigenvalue weighted by molar-refractivity contribution is 0.0316. The number of carbonyl (C=O) groups is 1. The molecule has 1 unspecified atom stereocenters. The summed E-state index contributed by atoms with van der Waals surface area (Å²) in [5.41, 5.74) is 5.65. The Bertz CT molecular complexity index is 309. The predicted molar refractivity (Wildman–Crippen MR) is 52.8 cm³/mol. The molecule has 1 atom stereocenters. The number of aromatic amines is 1. The number of nitrogens with zero attached hydrogens (tertiary/aromatic N) is 1. The first-order valence-electron chi connectivity index (χ1n) is 4.65. The number of ether oxygens (including phenoxy) is 1. The molecule has 0 aliphatic rings. The maximum absolute atomic E-state index is 11.4. The fraction of sp³-hybridized carbons (Fsp3) is 0.556. The highest BCUT2D eigenvalue weighted by Gasteiger charge is 2.13. The van der Waals surface area contributed by atoms with Crippen LogP contribution in [0.15, 0.2) is 6.07 Å². The maximum Gasteiger partial charge on any atom is 0.356 e. The van der Waals surface area contributed by atoms with Gasteiger partial charge in [-0.15, -0.1) is 0 Å². The Labute approximate surface area is 82.6 Å². The Morgan fingerprint density at radius 2 is 2.50 bits per heavy atom. The highest BCUT2D eigenvalue weighted by atomic mass is 16.5. The Morgan fingerprint density at radius 3 is 3.00 bits per heavy atom. The Balaban J connectivity index is 2.50. The van der Waals surface area contributed by atoms with Crippen LogP contribution >= 0.6 is 0 Å². The molecule has 14 heavy (non-hydrogen) atoms. The number of anilines is 1. The van der Waals surface area contributed by atoms with Crippen molar-refractivity contribution in [1.29, 1.82) is 0 Å². The summed E-state index contributed by atoms with van der Waals surface area (Å²) in [4.78, 5) is 11.4. The number of rotatable bonds is 4. The Kier molecular flexibility index (Phi) is 3.50. The quantitative estimate of drug-likeness (QED) is 0.713. The van der Waals surface area contributed by atoms with Gasteiger partial charge in [-0.05, 0) is 13.3 Å². The summed E-state index contributed by atoms with van der Waals surface area (Å²) < 4.78 is 5.12. The lowest BCUT2D eigenvalue weighted by Crippen LogP contribution is -2.15. The van der Waals surface area contributed by atoms with Crippen LogP contribution in [-0.4, -0.2) is 22.3 Å². The van der Waals surface area contributed by atoms with Gasteiger partial charge in [0, 0.05) is 6.07 Å². The first kappa shape index (κ1) is 10.6. The highest BCUT2D eigenvalue weighted by Crippen LogP contribution is 2.07. The third-order valence-electron chi connectivity index (χ3n) is 1.82. The van der Waals surface area contributed by atoms with Gasteiger partial charge in [-0.1, -0.05) is 13.3 Å². The second kappa shape index (κ2) is 4.64. The van der Waals surface area contributed by atoms with Crippen molar-refractivity contribution in [3.63, 3.8) is 0 Å². The van der Waals surface area contributed by atoms with Crippen LogP contribution in [0, 0.1) is 0 Å². The molecule has 0 saturated heterocycles. The summed E-state index contributed by atoms with van der Waals surface area (Å²) in [6.07, 6.45) is 1.77. The van der Waals surface area contributed by atoms with Crippen molar-refractivity contribution in [2.45, 2.75) is 32.8 Å². The zero-order chi connectivity index (χ0) is 10.6. The third kappa shape index (κ3) is 2.76. The minimum Gasteiger partial charge on any atom is -0.458 e. The zero-order valence-corrected chi connectivity index (χ0v) is 8.41. The number of nitrogen functional groups attached to an aromatic ring is 1. The summed E-state index contributed by atoms with van der Waals surface area (Å²) in [7, 11) is 0. The molecule has 0 amide bonds. The topological polar surface area (TPSA) is 81.0 Å². The fourth-order valence-electron chi connectivity index (χ4n) is 1.15. The molecule has 1 aromatic heterocycles. The molecular weight excluding hydrogens is 182 g/mol. The maximum atomic E-state index is 11.4. The largest absolute Gasteiger partial charge is 0.458 e. The monoisotopic (exact) mass is 197 g/mol. The van der Waals surface area contributed by atoms with E-state index in [0.717, 1.165) is 12.8 Å². The first-order valence-corrected chi connectivity index (χ1v) is 4.65. The minimum absolute atomic E-state index is 0.0722. The van der Waals surface area contributed by atoms with Crippen molar-refractivity contribution in [3.05, 3.63) is 11.8 Å². The number of esters is 1. The van der Waals surface area contributed by atoms with E-state index in [9.17, 15) is 4.79 Å². The second-order valence-corrected chi connectivity index (χ2v) is 3.21. The minimum atomic E-state index is -0.407. The SMILES string of the molecule is CCCC(C)OC(=O)c1cc(N)n[nH]1. The predicted octanol–water partition coefficient (Wildman–Crippen LogP) is 1.34. The van der Waals surface area contributed by atoms with E-state index in [1.54, 1.807) is 0 Å². The smallest absolute Gasteiger partial charge is 0.356 e. The van der Waals surface area contributed by atoms with Crippen molar-refractivity contribution >= 4 is 11.8 Å². The van der Waals surface area contributed by atoms with Gasteiger partial charge in [0.15, 0.2) is 0 Å². The van der Waals surface area contributed by atoms with E-state index >= 15 is 0 Å². The van der Waals surface area contributed by atoms with E-state index in [-0.39, 0.29) is 6.10 Å². The summed E-state index contributed by atoms with van der Waals surface area (Å²) in [5.74, 6) is -0.116. The molecule has 3 N–H and O–H groups in total. The van der Waals surface area contributed by atoms with E-state index in [2.05, 4.69) is 10.2 Å². The van der Waals surface area contributed by atoms with Crippen LogP contribution in [0.1, 0.15) is 37.2 Å². The molecule has 0 aliphatic carbocycles. The average Bonchev–Trinajstić information content (AvgIpc) is 2.52. The summed E-state index contributed by atoms with van der Waals surface area (Å²) in [6, 6.07) is 1.46. The molecule has 0 aromatic carbocycles. The van der Waals surface area contributed by atoms with Crippen LogP contribution in [0.4, 0.5) is 5.82 Å². The van der Waals surface area contributed by atoms with Crippen molar-refractivity contribution in [2.24, 2.45) is 0 Å². The van der Waals surface area contributed by atoms with E-state index in [1.165, 1.54) is 6.07 Å². The van der Waals surface area contributed by atoms with Crippen LogP contribution in [0.2, 0.25) is 0 Å². The molecule has 1 heterocycles. The fourth-order valence-corrected chi connectivity index (χ4v) is 1.15. The van der Waals surface area contributed by atoms with Gasteiger partial charge in [-0.3, -0.25) is 5.10 Å². The number of H-pyrrole nitrogens is 1. The van der Waals surface area contributed by atoms with Gasteiger partial charge in [0.25, 0.3) is 0 Å². The van der Waals surface area contributed by atoms with Crippen molar-refractivity contribution < 1.29 is 9.53 Å². The molecule has 0 radical (unpaired) electrons. The molecule has 78 valence electrons. The Hall–Kier alpha value is -1.52. The molecule has 0 saturated carbocycles. The molecular formula is C9H15N3O2. The number of carbonyl (C=O) groups excluding carboxylic acids is 1. The summed E-state index contributed by atoms with van der Waals surface area (Å²) in [5, 5.41) is 6.15. The van der Waals surface area contributed by atoms with Crippen molar-refractivity contribution in [1.82, 2.24) is 10.2 Å². The standard InChI is InChI=1S/C9H15N3O2/c1-3-4-6(2)14-9(13)7-5-8(10)12-11-7/h5-6H,3-4H2,1-2H3,(H3,10,11,12). The number of hydrogen-bond donors (Lipinski definition) is 2. The number of nitrogens with one attached hydrogen (secondary N) is 1. The van der Waals surface area contributed by atoms with Gasteiger partial charge in [0.2, 0.25) is 0 Å². The summed E-state index contributed by atoms with van der Waals surface area (Å²) in [6.45, 7) is 3.90. The first-order chi connectivity index (χ1) is 6.63. The molecule has 0 spiro atoms. The zero-order valence-electron chi connectivity index (χ0n) is 8.41. The highest BCUT2D eigenvalue weighted by molar-refractivity contribution is 5.88. The van der Waals surface area contributed by atoms with E-state index < -0.39 is 5.97 Å². The number of hydrogen-bond acceptors (Lipinski definition) is 4.